The number of hydrogen-bond donors (Lipinski definition) is 2. The van der Waals surface area contributed by atoms with Crippen LogP contribution < -0.4 is 11.1 Å². The van der Waals surface area contributed by atoms with Gasteiger partial charge in [-0.3, -0.25) is 4.79 Å². The number of rotatable bonds is 2. The van der Waals surface area contributed by atoms with Crippen LogP contribution in [0.1, 0.15) is 15.9 Å². The largest absolute Gasteiger partial charge is 0.399 e. The molecule has 0 atom stereocenters. The number of amides is 1. The minimum atomic E-state index is -1.61. The summed E-state index contributed by atoms with van der Waals surface area (Å²) < 4.78 is 38.9. The Labute approximate surface area is 113 Å². The van der Waals surface area contributed by atoms with Gasteiger partial charge in [0.2, 0.25) is 0 Å². The summed E-state index contributed by atoms with van der Waals surface area (Å²) >= 11 is 0. The third-order valence-electron chi connectivity index (χ3n) is 2.77. The van der Waals surface area contributed by atoms with Crippen molar-refractivity contribution in [1.29, 1.82) is 0 Å². The molecule has 3 N–H and O–H groups in total. The molecule has 0 bridgehead atoms. The molecule has 0 aromatic heterocycles. The fourth-order valence-corrected chi connectivity index (χ4v) is 1.64. The lowest BCUT2D eigenvalue weighted by Gasteiger charge is -2.08. The first-order chi connectivity index (χ1) is 9.38. The minimum Gasteiger partial charge on any atom is -0.399 e. The Hall–Kier alpha value is -2.50. The fourth-order valence-electron chi connectivity index (χ4n) is 1.64. The highest BCUT2D eigenvalue weighted by atomic mass is 19.2. The van der Waals surface area contributed by atoms with E-state index in [4.69, 9.17) is 5.73 Å². The summed E-state index contributed by atoms with van der Waals surface area (Å²) in [6.07, 6.45) is 0. The van der Waals surface area contributed by atoms with E-state index in [0.717, 1.165) is 5.56 Å². The van der Waals surface area contributed by atoms with Crippen molar-refractivity contribution >= 4 is 17.3 Å². The average molecular weight is 280 g/mol. The molecule has 20 heavy (non-hydrogen) atoms. The molecular formula is C14H11F3N2O. The molecule has 2 aromatic rings. The number of carbonyl (C=O) groups is 1. The van der Waals surface area contributed by atoms with E-state index in [1.165, 1.54) is 0 Å². The van der Waals surface area contributed by atoms with Crippen LogP contribution in [0.3, 0.4) is 0 Å². The Morgan fingerprint density at radius 2 is 1.70 bits per heavy atom. The van der Waals surface area contributed by atoms with Crippen molar-refractivity contribution in [3.05, 3.63) is 58.9 Å². The zero-order valence-electron chi connectivity index (χ0n) is 10.5. The Morgan fingerprint density at radius 1 is 1.10 bits per heavy atom. The molecule has 0 aliphatic rings. The molecule has 0 saturated carbocycles. The number of halogens is 3. The number of aryl methyl sites for hydroxylation is 1. The van der Waals surface area contributed by atoms with Gasteiger partial charge in [-0.05, 0) is 42.8 Å². The summed E-state index contributed by atoms with van der Waals surface area (Å²) in [6.45, 7) is 1.75. The molecule has 0 unspecified atom stereocenters. The molecule has 0 saturated heterocycles. The number of benzene rings is 2. The molecule has 3 nitrogen and oxygen atoms in total. The highest BCUT2D eigenvalue weighted by Crippen LogP contribution is 2.19. The van der Waals surface area contributed by atoms with Crippen LogP contribution >= 0.6 is 0 Å². The predicted octanol–water partition coefficient (Wildman–Crippen LogP) is 3.25. The number of anilines is 2. The van der Waals surface area contributed by atoms with Gasteiger partial charge in [0.1, 0.15) is 0 Å². The van der Waals surface area contributed by atoms with Crippen molar-refractivity contribution < 1.29 is 18.0 Å². The summed E-state index contributed by atoms with van der Waals surface area (Å²) in [7, 11) is 0. The lowest BCUT2D eigenvalue weighted by molar-refractivity contribution is 0.102. The van der Waals surface area contributed by atoms with Crippen LogP contribution in [0.4, 0.5) is 24.5 Å². The molecule has 0 heterocycles. The molecule has 2 rings (SSSR count). The second-order valence-electron chi connectivity index (χ2n) is 4.28. The standard InChI is InChI=1S/C14H11F3N2O/c1-7-4-9(2-3-12(7)18)19-14(20)8-5-10(15)13(17)11(16)6-8/h2-6H,18H2,1H3,(H,19,20). The molecule has 0 spiro atoms. The number of nitrogens with one attached hydrogen (secondary N) is 1. The topological polar surface area (TPSA) is 55.1 Å². The van der Waals surface area contributed by atoms with Crippen LogP contribution in [0.5, 0.6) is 0 Å². The third kappa shape index (κ3) is 2.74. The van der Waals surface area contributed by atoms with Gasteiger partial charge in [-0.25, -0.2) is 13.2 Å². The van der Waals surface area contributed by atoms with E-state index in [9.17, 15) is 18.0 Å². The van der Waals surface area contributed by atoms with Gasteiger partial charge in [-0.15, -0.1) is 0 Å². The van der Waals surface area contributed by atoms with Crippen LogP contribution in [-0.4, -0.2) is 5.91 Å². The van der Waals surface area contributed by atoms with E-state index >= 15 is 0 Å². The minimum absolute atomic E-state index is 0.309. The maximum absolute atomic E-state index is 13.0. The SMILES string of the molecule is Cc1cc(NC(=O)c2cc(F)c(F)c(F)c2)ccc1N. The van der Waals surface area contributed by atoms with Crippen molar-refractivity contribution in [3.8, 4) is 0 Å². The van der Waals surface area contributed by atoms with Crippen LogP contribution in [0.25, 0.3) is 0 Å². The zero-order valence-corrected chi connectivity index (χ0v) is 10.5. The van der Waals surface area contributed by atoms with Crippen molar-refractivity contribution in [2.24, 2.45) is 0 Å². The molecule has 1 amide bonds. The maximum atomic E-state index is 13.0. The monoisotopic (exact) mass is 280 g/mol. The van der Waals surface area contributed by atoms with Crippen molar-refractivity contribution in [1.82, 2.24) is 0 Å². The quantitative estimate of drug-likeness (QED) is 0.655. The summed E-state index contributed by atoms with van der Waals surface area (Å²) in [5.41, 5.74) is 7.05. The second-order valence-corrected chi connectivity index (χ2v) is 4.28. The number of carbonyl (C=O) groups excluding carboxylic acids is 1. The van der Waals surface area contributed by atoms with Gasteiger partial charge < -0.3 is 11.1 Å². The van der Waals surface area contributed by atoms with Gasteiger partial charge in [0, 0.05) is 16.9 Å². The molecular weight excluding hydrogens is 269 g/mol. The van der Waals surface area contributed by atoms with Crippen molar-refractivity contribution in [3.63, 3.8) is 0 Å². The average Bonchev–Trinajstić information content (AvgIpc) is 2.39. The first-order valence-corrected chi connectivity index (χ1v) is 5.70. The van der Waals surface area contributed by atoms with Crippen LogP contribution in [0.15, 0.2) is 30.3 Å². The first kappa shape index (κ1) is 13.9. The smallest absolute Gasteiger partial charge is 0.255 e. The molecule has 0 aliphatic carbocycles. The normalized spacial score (nSPS) is 10.4. The number of nitrogen functional groups attached to an aromatic ring is 1. The summed E-state index contributed by atoms with van der Waals surface area (Å²) in [4.78, 5) is 11.8. The Bertz CT molecular complexity index is 663. The number of nitrogens with two attached hydrogens (primary N) is 1. The number of hydrogen-bond acceptors (Lipinski definition) is 2. The van der Waals surface area contributed by atoms with E-state index in [-0.39, 0.29) is 5.56 Å². The molecule has 6 heteroatoms. The summed E-state index contributed by atoms with van der Waals surface area (Å²) in [6, 6.07) is 6.03. The van der Waals surface area contributed by atoms with Crippen LogP contribution in [0, 0.1) is 24.4 Å². The van der Waals surface area contributed by atoms with E-state index in [0.29, 0.717) is 23.5 Å². The van der Waals surface area contributed by atoms with E-state index in [1.54, 1.807) is 25.1 Å². The van der Waals surface area contributed by atoms with Crippen LogP contribution in [0.2, 0.25) is 0 Å². The van der Waals surface area contributed by atoms with E-state index < -0.39 is 23.4 Å². The molecule has 0 fully saturated rings. The van der Waals surface area contributed by atoms with Gasteiger partial charge in [0.05, 0.1) is 0 Å². The van der Waals surface area contributed by atoms with Gasteiger partial charge in [-0.2, -0.15) is 0 Å². The summed E-state index contributed by atoms with van der Waals surface area (Å²) in [5, 5.41) is 2.45. The molecule has 2 aromatic carbocycles. The van der Waals surface area contributed by atoms with Gasteiger partial charge in [-0.1, -0.05) is 0 Å². The van der Waals surface area contributed by atoms with Gasteiger partial charge in [0.25, 0.3) is 5.91 Å². The lowest BCUT2D eigenvalue weighted by Crippen LogP contribution is -2.13. The Morgan fingerprint density at radius 3 is 2.25 bits per heavy atom. The van der Waals surface area contributed by atoms with Crippen LogP contribution in [-0.2, 0) is 0 Å². The second kappa shape index (κ2) is 5.24. The fraction of sp³-hybridized carbons (Fsp3) is 0.0714. The van der Waals surface area contributed by atoms with E-state index in [2.05, 4.69) is 5.32 Å². The maximum Gasteiger partial charge on any atom is 0.255 e. The third-order valence-corrected chi connectivity index (χ3v) is 2.77. The van der Waals surface area contributed by atoms with Crippen molar-refractivity contribution in [2.75, 3.05) is 11.1 Å². The molecule has 0 aliphatic heterocycles. The summed E-state index contributed by atoms with van der Waals surface area (Å²) in [5.74, 6) is -5.18. The molecule has 0 radical (unpaired) electrons. The highest BCUT2D eigenvalue weighted by molar-refractivity contribution is 6.04. The first-order valence-electron chi connectivity index (χ1n) is 5.70. The highest BCUT2D eigenvalue weighted by Gasteiger charge is 2.15. The predicted molar refractivity (Wildman–Crippen MR) is 69.9 cm³/mol. The Balaban J connectivity index is 2.26. The van der Waals surface area contributed by atoms with Gasteiger partial charge in [0.15, 0.2) is 17.5 Å². The zero-order chi connectivity index (χ0) is 14.9. The lowest BCUT2D eigenvalue weighted by atomic mass is 10.1. The Kier molecular flexibility index (Phi) is 3.65. The van der Waals surface area contributed by atoms with Crippen molar-refractivity contribution in [2.45, 2.75) is 6.92 Å². The van der Waals surface area contributed by atoms with Gasteiger partial charge >= 0.3 is 0 Å². The van der Waals surface area contributed by atoms with E-state index in [1.807, 2.05) is 0 Å². The molecule has 104 valence electrons.